The van der Waals surface area contributed by atoms with Crippen LogP contribution in [0.4, 0.5) is 28.4 Å². The Labute approximate surface area is 159 Å². The predicted molar refractivity (Wildman–Crippen MR) is 104 cm³/mol. The molecule has 0 bridgehead atoms. The fourth-order valence-electron chi connectivity index (χ4n) is 3.15. The summed E-state index contributed by atoms with van der Waals surface area (Å²) >= 11 is 0. The Morgan fingerprint density at radius 2 is 1.57 bits per heavy atom. The van der Waals surface area contributed by atoms with Crippen molar-refractivity contribution < 1.29 is 14.6 Å². The maximum absolute atomic E-state index is 11.3. The van der Waals surface area contributed by atoms with E-state index in [4.69, 9.17) is 4.74 Å². The van der Waals surface area contributed by atoms with Crippen LogP contribution in [-0.2, 0) is 0 Å². The zero-order valence-electron chi connectivity index (χ0n) is 14.7. The summed E-state index contributed by atoms with van der Waals surface area (Å²) in [6, 6.07) is 16.1. The molecule has 0 amide bonds. The Bertz CT molecular complexity index is 1120. The van der Waals surface area contributed by atoms with Crippen LogP contribution < -0.4 is 15.2 Å². The summed E-state index contributed by atoms with van der Waals surface area (Å²) in [5, 5.41) is 24.1. The average Bonchev–Trinajstić information content (AvgIpc) is 2.72. The Morgan fingerprint density at radius 3 is 2.25 bits per heavy atom. The Morgan fingerprint density at radius 1 is 0.893 bits per heavy atom. The average molecular weight is 378 g/mol. The van der Waals surface area contributed by atoms with Gasteiger partial charge in [0.2, 0.25) is 0 Å². The van der Waals surface area contributed by atoms with Gasteiger partial charge in [-0.25, -0.2) is 0 Å². The van der Waals surface area contributed by atoms with Crippen molar-refractivity contribution in [2.24, 2.45) is 0 Å². The van der Waals surface area contributed by atoms with Crippen molar-refractivity contribution in [2.45, 2.75) is 0 Å². The SMILES string of the molecule is COc1cccc(N2Nc3cc([N+](=O)[O-])ccc3-c3ccc([N+](=O)[O-])cc32)c1. The highest BCUT2D eigenvalue weighted by molar-refractivity contribution is 5.95. The molecule has 1 heterocycles. The highest BCUT2D eigenvalue weighted by Crippen LogP contribution is 2.46. The standard InChI is InChI=1S/C19H14N4O5/c1-28-15-4-2-3-12(9-15)21-19-11-14(23(26)27)6-8-17(19)16-7-5-13(22(24)25)10-18(16)20-21/h2-11,20H,1H3. The van der Waals surface area contributed by atoms with Crippen LogP contribution in [-0.4, -0.2) is 17.0 Å². The van der Waals surface area contributed by atoms with E-state index in [1.54, 1.807) is 48.5 Å². The molecule has 0 aromatic heterocycles. The lowest BCUT2D eigenvalue weighted by molar-refractivity contribution is -0.385. The van der Waals surface area contributed by atoms with E-state index < -0.39 is 9.85 Å². The number of rotatable bonds is 4. The molecule has 4 rings (SSSR count). The van der Waals surface area contributed by atoms with Gasteiger partial charge in [0, 0.05) is 41.5 Å². The highest BCUT2D eigenvalue weighted by Gasteiger charge is 2.27. The third kappa shape index (κ3) is 2.84. The van der Waals surface area contributed by atoms with E-state index in [1.165, 1.54) is 24.3 Å². The van der Waals surface area contributed by atoms with Crippen molar-refractivity contribution in [3.8, 4) is 16.9 Å². The van der Waals surface area contributed by atoms with E-state index in [1.807, 2.05) is 0 Å². The number of fused-ring (bicyclic) bond motifs is 3. The van der Waals surface area contributed by atoms with E-state index in [2.05, 4.69) is 5.43 Å². The fraction of sp³-hybridized carbons (Fsp3) is 0.0526. The van der Waals surface area contributed by atoms with E-state index >= 15 is 0 Å². The van der Waals surface area contributed by atoms with Gasteiger partial charge >= 0.3 is 0 Å². The van der Waals surface area contributed by atoms with Gasteiger partial charge in [0.1, 0.15) is 5.75 Å². The summed E-state index contributed by atoms with van der Waals surface area (Å²) in [5.74, 6) is 0.608. The third-order valence-corrected chi connectivity index (χ3v) is 4.48. The van der Waals surface area contributed by atoms with Crippen molar-refractivity contribution in [1.82, 2.24) is 0 Å². The number of nitrogens with zero attached hydrogens (tertiary/aromatic N) is 3. The molecule has 0 fully saturated rings. The molecule has 0 atom stereocenters. The number of methoxy groups -OCH3 is 1. The maximum atomic E-state index is 11.3. The second kappa shape index (κ2) is 6.54. The molecular formula is C19H14N4O5. The predicted octanol–water partition coefficient (Wildman–Crippen LogP) is 4.66. The first-order valence-corrected chi connectivity index (χ1v) is 8.26. The molecule has 3 aromatic rings. The van der Waals surface area contributed by atoms with Crippen LogP contribution in [0.15, 0.2) is 60.7 Å². The molecule has 3 aromatic carbocycles. The molecule has 0 radical (unpaired) electrons. The molecule has 1 aliphatic heterocycles. The topological polar surface area (TPSA) is 111 Å². The van der Waals surface area contributed by atoms with Crippen LogP contribution in [0.1, 0.15) is 0 Å². The second-order valence-corrected chi connectivity index (χ2v) is 6.09. The van der Waals surface area contributed by atoms with E-state index in [0.29, 0.717) is 22.8 Å². The van der Waals surface area contributed by atoms with Crippen LogP contribution in [0.5, 0.6) is 5.75 Å². The third-order valence-electron chi connectivity index (χ3n) is 4.48. The maximum Gasteiger partial charge on any atom is 0.271 e. The number of hydrogen-bond acceptors (Lipinski definition) is 7. The van der Waals surface area contributed by atoms with Gasteiger partial charge in [0.25, 0.3) is 11.4 Å². The van der Waals surface area contributed by atoms with Gasteiger partial charge in [-0.15, -0.1) is 0 Å². The number of hydrogen-bond donors (Lipinski definition) is 1. The number of benzene rings is 3. The number of nitro benzene ring substituents is 2. The van der Waals surface area contributed by atoms with Gasteiger partial charge < -0.3 is 4.74 Å². The number of anilines is 3. The fourth-order valence-corrected chi connectivity index (χ4v) is 3.15. The molecule has 1 N–H and O–H groups in total. The monoisotopic (exact) mass is 378 g/mol. The first-order valence-electron chi connectivity index (χ1n) is 8.26. The summed E-state index contributed by atoms with van der Waals surface area (Å²) < 4.78 is 5.26. The lowest BCUT2D eigenvalue weighted by atomic mass is 9.98. The van der Waals surface area contributed by atoms with Crippen LogP contribution in [0.25, 0.3) is 11.1 Å². The Balaban J connectivity index is 1.93. The molecular weight excluding hydrogens is 364 g/mol. The van der Waals surface area contributed by atoms with E-state index in [9.17, 15) is 20.2 Å². The summed E-state index contributed by atoms with van der Waals surface area (Å²) in [7, 11) is 1.54. The number of ether oxygens (including phenoxy) is 1. The first kappa shape index (κ1) is 17.3. The van der Waals surface area contributed by atoms with E-state index in [0.717, 1.165) is 11.1 Å². The summed E-state index contributed by atoms with van der Waals surface area (Å²) in [5.41, 5.74) is 6.21. The van der Waals surface area contributed by atoms with Gasteiger partial charge in [0.05, 0.1) is 34.0 Å². The quantitative estimate of drug-likeness (QED) is 0.519. The molecule has 1 aliphatic rings. The Hall–Kier alpha value is -4.14. The van der Waals surface area contributed by atoms with Crippen molar-refractivity contribution in [1.29, 1.82) is 0 Å². The molecule has 0 aliphatic carbocycles. The minimum Gasteiger partial charge on any atom is -0.497 e. The first-order chi connectivity index (χ1) is 13.5. The van der Waals surface area contributed by atoms with Gasteiger partial charge in [-0.2, -0.15) is 0 Å². The molecule has 28 heavy (non-hydrogen) atoms. The summed E-state index contributed by atoms with van der Waals surface area (Å²) in [6.07, 6.45) is 0. The van der Waals surface area contributed by atoms with Crippen LogP contribution in [0.2, 0.25) is 0 Å². The lowest BCUT2D eigenvalue weighted by Crippen LogP contribution is -2.28. The highest BCUT2D eigenvalue weighted by atomic mass is 16.6. The number of nitrogens with one attached hydrogen (secondary N) is 1. The van der Waals surface area contributed by atoms with Crippen molar-refractivity contribution >= 4 is 28.4 Å². The van der Waals surface area contributed by atoms with Crippen molar-refractivity contribution in [3.63, 3.8) is 0 Å². The minimum absolute atomic E-state index is 0.0535. The minimum atomic E-state index is -0.469. The molecule has 0 saturated carbocycles. The van der Waals surface area contributed by atoms with Gasteiger partial charge in [-0.05, 0) is 24.3 Å². The van der Waals surface area contributed by atoms with Gasteiger partial charge in [-0.1, -0.05) is 6.07 Å². The van der Waals surface area contributed by atoms with Crippen molar-refractivity contribution in [3.05, 3.63) is 80.9 Å². The van der Waals surface area contributed by atoms with Crippen molar-refractivity contribution in [2.75, 3.05) is 17.5 Å². The number of non-ortho nitro benzene ring substituents is 2. The molecule has 0 spiro atoms. The normalized spacial score (nSPS) is 11.8. The summed E-state index contributed by atoms with van der Waals surface area (Å²) in [4.78, 5) is 21.5. The van der Waals surface area contributed by atoms with E-state index in [-0.39, 0.29) is 11.4 Å². The molecule has 9 nitrogen and oxygen atoms in total. The van der Waals surface area contributed by atoms with Crippen LogP contribution in [0.3, 0.4) is 0 Å². The lowest BCUT2D eigenvalue weighted by Gasteiger charge is -2.33. The van der Waals surface area contributed by atoms with Gasteiger partial charge in [-0.3, -0.25) is 30.7 Å². The smallest absolute Gasteiger partial charge is 0.271 e. The molecule has 0 unspecified atom stereocenters. The largest absolute Gasteiger partial charge is 0.497 e. The zero-order chi connectivity index (χ0) is 19.8. The van der Waals surface area contributed by atoms with Gasteiger partial charge in [0.15, 0.2) is 0 Å². The molecule has 0 saturated heterocycles. The number of nitro groups is 2. The Kier molecular flexibility index (Phi) is 4.04. The number of hydrazine groups is 1. The van der Waals surface area contributed by atoms with Crippen LogP contribution >= 0.6 is 0 Å². The zero-order valence-corrected chi connectivity index (χ0v) is 14.7. The van der Waals surface area contributed by atoms with Crippen LogP contribution in [0, 0.1) is 20.2 Å². The molecule has 140 valence electrons. The summed E-state index contributed by atoms with van der Waals surface area (Å²) in [6.45, 7) is 0. The molecule has 9 heteroatoms. The second-order valence-electron chi connectivity index (χ2n) is 6.09.